The smallest absolute Gasteiger partial charge is 0.101 e. The van der Waals surface area contributed by atoms with Crippen molar-refractivity contribution >= 4 is 17.3 Å². The van der Waals surface area contributed by atoms with Crippen molar-refractivity contribution in [3.8, 4) is 6.07 Å². The van der Waals surface area contributed by atoms with Gasteiger partial charge in [0.25, 0.3) is 0 Å². The van der Waals surface area contributed by atoms with Crippen LogP contribution in [0.1, 0.15) is 17.2 Å². The van der Waals surface area contributed by atoms with Gasteiger partial charge in [-0.05, 0) is 17.7 Å². The molecule has 0 spiro atoms. The molecule has 5 heteroatoms. The van der Waals surface area contributed by atoms with Crippen molar-refractivity contribution in [2.45, 2.75) is 6.04 Å². The molecule has 0 aliphatic heterocycles. The van der Waals surface area contributed by atoms with Gasteiger partial charge < -0.3 is 16.6 Å². The number of benzene rings is 1. The van der Waals surface area contributed by atoms with Crippen molar-refractivity contribution in [1.82, 2.24) is 0 Å². The molecule has 0 radical (unpaired) electrons. The zero-order chi connectivity index (χ0) is 10.7. The fourth-order valence-electron chi connectivity index (χ4n) is 1.05. The first-order valence-corrected chi connectivity index (χ1v) is 4.33. The van der Waals surface area contributed by atoms with E-state index in [9.17, 15) is 0 Å². The summed E-state index contributed by atoms with van der Waals surface area (Å²) in [4.78, 5) is 0. The second-order valence-electron chi connectivity index (χ2n) is 2.86. The highest BCUT2D eigenvalue weighted by atomic mass is 35.5. The van der Waals surface area contributed by atoms with E-state index in [1.807, 2.05) is 6.07 Å². The summed E-state index contributed by atoms with van der Waals surface area (Å²) >= 11 is 5.79. The second-order valence-corrected chi connectivity index (χ2v) is 3.27. The quantitative estimate of drug-likeness (QED) is 0.630. The van der Waals surface area contributed by atoms with Crippen molar-refractivity contribution in [2.75, 3.05) is 12.3 Å². The van der Waals surface area contributed by atoms with Gasteiger partial charge in [0.05, 0.1) is 28.9 Å². The zero-order valence-electron chi connectivity index (χ0n) is 7.37. The van der Waals surface area contributed by atoms with Gasteiger partial charge in [0.1, 0.15) is 6.07 Å². The molecule has 0 aliphatic carbocycles. The summed E-state index contributed by atoms with van der Waals surface area (Å²) in [6.07, 6.45) is 0. The van der Waals surface area contributed by atoms with Gasteiger partial charge in [-0.1, -0.05) is 11.6 Å². The largest absolute Gasteiger partial charge is 0.396 e. The van der Waals surface area contributed by atoms with Crippen molar-refractivity contribution in [3.63, 3.8) is 0 Å². The van der Waals surface area contributed by atoms with Crippen LogP contribution in [-0.2, 0) is 0 Å². The number of rotatable bonds is 2. The number of nitrogens with zero attached hydrogens (tertiary/aromatic N) is 1. The molecule has 1 rings (SSSR count). The lowest BCUT2D eigenvalue weighted by atomic mass is 10.0. The lowest BCUT2D eigenvalue weighted by Crippen LogP contribution is -2.14. The molecule has 1 aromatic rings. The molecule has 0 amide bonds. The fourth-order valence-corrected chi connectivity index (χ4v) is 1.28. The summed E-state index contributed by atoms with van der Waals surface area (Å²) in [5.41, 5.74) is 12.2. The highest BCUT2D eigenvalue weighted by Gasteiger charge is 2.10. The molecule has 0 fully saturated rings. The lowest BCUT2D eigenvalue weighted by molar-refractivity contribution is 0.268. The van der Waals surface area contributed by atoms with Crippen LogP contribution in [-0.4, -0.2) is 11.7 Å². The number of anilines is 1. The van der Waals surface area contributed by atoms with Crippen LogP contribution in [0.3, 0.4) is 0 Å². The van der Waals surface area contributed by atoms with Crippen LogP contribution in [0.4, 0.5) is 5.69 Å². The van der Waals surface area contributed by atoms with Gasteiger partial charge in [0, 0.05) is 0 Å². The van der Waals surface area contributed by atoms with E-state index in [0.717, 1.165) is 0 Å². The molecule has 0 aliphatic rings. The topological polar surface area (TPSA) is 96.1 Å². The van der Waals surface area contributed by atoms with Gasteiger partial charge in [0.2, 0.25) is 0 Å². The average Bonchev–Trinajstić information content (AvgIpc) is 2.20. The Morgan fingerprint density at radius 3 is 2.71 bits per heavy atom. The van der Waals surface area contributed by atoms with Gasteiger partial charge >= 0.3 is 0 Å². The van der Waals surface area contributed by atoms with Crippen molar-refractivity contribution in [2.24, 2.45) is 5.73 Å². The van der Waals surface area contributed by atoms with E-state index in [2.05, 4.69) is 0 Å². The van der Waals surface area contributed by atoms with Gasteiger partial charge in [-0.2, -0.15) is 5.26 Å². The molecule has 5 N–H and O–H groups in total. The zero-order valence-corrected chi connectivity index (χ0v) is 8.12. The second kappa shape index (κ2) is 4.29. The maximum absolute atomic E-state index is 8.83. The number of nitriles is 1. The van der Waals surface area contributed by atoms with E-state index >= 15 is 0 Å². The molecular weight excluding hydrogens is 202 g/mol. The number of nitrogens with two attached hydrogens (primary N) is 2. The Balaban J connectivity index is 3.24. The number of aliphatic hydroxyl groups is 1. The molecule has 0 aromatic heterocycles. The lowest BCUT2D eigenvalue weighted by Gasteiger charge is -2.10. The maximum atomic E-state index is 8.83. The monoisotopic (exact) mass is 211 g/mol. The van der Waals surface area contributed by atoms with Crippen LogP contribution in [0.25, 0.3) is 0 Å². The third-order valence-corrected chi connectivity index (χ3v) is 2.21. The SMILES string of the molecule is N#Cc1cc([C@@H](N)CO)cc(Cl)c1N. The Labute approximate surface area is 86.7 Å². The van der Waals surface area contributed by atoms with Crippen LogP contribution in [0.2, 0.25) is 5.02 Å². The van der Waals surface area contributed by atoms with Crippen LogP contribution >= 0.6 is 11.6 Å². The van der Waals surface area contributed by atoms with Crippen LogP contribution in [0.5, 0.6) is 0 Å². The molecular formula is C9H10ClN3O. The van der Waals surface area contributed by atoms with E-state index < -0.39 is 6.04 Å². The minimum Gasteiger partial charge on any atom is -0.396 e. The minimum atomic E-state index is -0.541. The third kappa shape index (κ3) is 1.96. The normalized spacial score (nSPS) is 12.1. The highest BCUT2D eigenvalue weighted by molar-refractivity contribution is 6.33. The van der Waals surface area contributed by atoms with Gasteiger partial charge in [-0.3, -0.25) is 0 Å². The van der Waals surface area contributed by atoms with E-state index in [1.54, 1.807) is 6.07 Å². The highest BCUT2D eigenvalue weighted by Crippen LogP contribution is 2.26. The van der Waals surface area contributed by atoms with Crippen LogP contribution < -0.4 is 11.5 Å². The molecule has 0 unspecified atom stereocenters. The van der Waals surface area contributed by atoms with Gasteiger partial charge in [-0.15, -0.1) is 0 Å². The predicted octanol–water partition coefficient (Wildman–Crippen LogP) is 0.786. The number of halogens is 1. The Hall–Kier alpha value is -1.28. The first-order valence-electron chi connectivity index (χ1n) is 3.95. The molecule has 0 heterocycles. The molecule has 14 heavy (non-hydrogen) atoms. The fraction of sp³-hybridized carbons (Fsp3) is 0.222. The van der Waals surface area contributed by atoms with Crippen LogP contribution in [0.15, 0.2) is 12.1 Å². The summed E-state index contributed by atoms with van der Waals surface area (Å²) in [6, 6.07) is 4.45. The predicted molar refractivity (Wildman–Crippen MR) is 54.6 cm³/mol. The Bertz CT molecular complexity index is 386. The Morgan fingerprint density at radius 2 is 2.21 bits per heavy atom. The third-order valence-electron chi connectivity index (χ3n) is 1.90. The number of aliphatic hydroxyl groups excluding tert-OH is 1. The molecule has 0 saturated heterocycles. The molecule has 1 aromatic carbocycles. The number of hydrogen-bond donors (Lipinski definition) is 3. The van der Waals surface area contributed by atoms with E-state index in [4.69, 9.17) is 33.4 Å². The first kappa shape index (κ1) is 10.8. The standard InChI is InChI=1S/C9H10ClN3O/c10-7-2-5(8(12)4-14)1-6(3-11)9(7)13/h1-2,8,14H,4,12-13H2/t8-/m0/s1. The molecule has 0 saturated carbocycles. The van der Waals surface area contributed by atoms with E-state index in [-0.39, 0.29) is 22.9 Å². The van der Waals surface area contributed by atoms with E-state index in [0.29, 0.717) is 5.56 Å². The summed E-state index contributed by atoms with van der Waals surface area (Å²) in [6.45, 7) is -0.203. The summed E-state index contributed by atoms with van der Waals surface area (Å²) in [7, 11) is 0. The Kier molecular flexibility index (Phi) is 3.31. The maximum Gasteiger partial charge on any atom is 0.101 e. The first-order chi connectivity index (χ1) is 6.60. The van der Waals surface area contributed by atoms with Crippen molar-refractivity contribution < 1.29 is 5.11 Å². The van der Waals surface area contributed by atoms with E-state index in [1.165, 1.54) is 6.07 Å². The summed E-state index contributed by atoms with van der Waals surface area (Å²) < 4.78 is 0. The van der Waals surface area contributed by atoms with Gasteiger partial charge in [0.15, 0.2) is 0 Å². The Morgan fingerprint density at radius 1 is 1.57 bits per heavy atom. The number of hydrogen-bond acceptors (Lipinski definition) is 4. The van der Waals surface area contributed by atoms with Crippen molar-refractivity contribution in [3.05, 3.63) is 28.3 Å². The molecule has 74 valence electrons. The average molecular weight is 212 g/mol. The number of nitrogen functional groups attached to an aromatic ring is 1. The minimum absolute atomic E-state index is 0.203. The summed E-state index contributed by atoms with van der Waals surface area (Å²) in [5.74, 6) is 0. The summed E-state index contributed by atoms with van der Waals surface area (Å²) in [5, 5.41) is 17.8. The van der Waals surface area contributed by atoms with Crippen LogP contribution in [0, 0.1) is 11.3 Å². The van der Waals surface area contributed by atoms with Crippen molar-refractivity contribution in [1.29, 1.82) is 5.26 Å². The molecule has 1 atom stereocenters. The molecule has 4 nitrogen and oxygen atoms in total. The van der Waals surface area contributed by atoms with Gasteiger partial charge in [-0.25, -0.2) is 0 Å². The molecule has 0 bridgehead atoms.